The fourth-order valence-corrected chi connectivity index (χ4v) is 3.06. The number of rotatable bonds is 7. The number of carbonyl (C=O) groups excluding carboxylic acids is 1. The van der Waals surface area contributed by atoms with Crippen molar-refractivity contribution in [3.8, 4) is 17.2 Å². The summed E-state index contributed by atoms with van der Waals surface area (Å²) in [5.41, 5.74) is 7.70. The van der Waals surface area contributed by atoms with Crippen LogP contribution in [0.3, 0.4) is 0 Å². The maximum Gasteiger partial charge on any atom is 0.280 e. The fraction of sp³-hybridized carbons (Fsp3) is 0.182. The van der Waals surface area contributed by atoms with Gasteiger partial charge in [0.1, 0.15) is 23.0 Å². The molecule has 0 spiro atoms. The molecule has 0 fully saturated rings. The third-order valence-corrected chi connectivity index (χ3v) is 4.68. The molecule has 164 valence electrons. The molecule has 2 aromatic heterocycles. The molecule has 4 rings (SSSR count). The van der Waals surface area contributed by atoms with E-state index in [4.69, 9.17) is 14.9 Å². The van der Waals surface area contributed by atoms with Crippen molar-refractivity contribution in [3.05, 3.63) is 71.5 Å². The number of hydrogen-bond acceptors (Lipinski definition) is 7. The lowest BCUT2D eigenvalue weighted by atomic mass is 10.2. The lowest BCUT2D eigenvalue weighted by Crippen LogP contribution is -2.15. The summed E-state index contributed by atoms with van der Waals surface area (Å²) in [7, 11) is 0. The molecule has 0 radical (unpaired) electrons. The average molecular weight is 436 g/mol. The Morgan fingerprint density at radius 3 is 2.75 bits per heavy atom. The van der Waals surface area contributed by atoms with Crippen molar-refractivity contribution in [1.29, 1.82) is 0 Å². The van der Waals surface area contributed by atoms with Crippen LogP contribution in [0.2, 0.25) is 0 Å². The molecule has 4 aromatic rings. The zero-order chi connectivity index (χ0) is 22.7. The van der Waals surface area contributed by atoms with E-state index in [0.717, 1.165) is 11.3 Å². The largest absolute Gasteiger partial charge is 0.494 e. The molecule has 0 aliphatic carbocycles. The number of nitrogen functional groups attached to an aromatic ring is 1. The zero-order valence-electron chi connectivity index (χ0n) is 17.5. The first kappa shape index (κ1) is 21.0. The van der Waals surface area contributed by atoms with E-state index in [1.807, 2.05) is 31.2 Å². The molecule has 0 aliphatic rings. The van der Waals surface area contributed by atoms with Gasteiger partial charge >= 0.3 is 0 Å². The van der Waals surface area contributed by atoms with E-state index in [9.17, 15) is 9.18 Å². The smallest absolute Gasteiger partial charge is 0.280 e. The Hall–Kier alpha value is -4.21. The van der Waals surface area contributed by atoms with Gasteiger partial charge in [-0.1, -0.05) is 11.3 Å². The van der Waals surface area contributed by atoms with Crippen LogP contribution in [-0.2, 0) is 6.54 Å². The van der Waals surface area contributed by atoms with Crippen molar-refractivity contribution in [2.75, 3.05) is 17.7 Å². The Morgan fingerprint density at radius 1 is 1.25 bits per heavy atom. The number of oxazole rings is 1. The number of aryl methyl sites for hydroxylation is 1. The number of halogens is 1. The first-order valence-corrected chi connectivity index (χ1v) is 9.90. The van der Waals surface area contributed by atoms with Gasteiger partial charge in [0.2, 0.25) is 5.89 Å². The Bertz CT molecular complexity index is 1250. The van der Waals surface area contributed by atoms with Gasteiger partial charge < -0.3 is 20.2 Å². The van der Waals surface area contributed by atoms with E-state index >= 15 is 0 Å². The second kappa shape index (κ2) is 8.88. The molecule has 0 unspecified atom stereocenters. The van der Waals surface area contributed by atoms with Crippen LogP contribution < -0.4 is 15.8 Å². The number of hydrogen-bond donors (Lipinski definition) is 2. The number of nitrogens with zero attached hydrogens (tertiary/aromatic N) is 4. The number of nitrogens with two attached hydrogens (primary N) is 1. The molecular formula is C22H21FN6O3. The van der Waals surface area contributed by atoms with E-state index in [-0.39, 0.29) is 23.7 Å². The molecule has 10 heteroatoms. The summed E-state index contributed by atoms with van der Waals surface area (Å²) in [5, 5.41) is 10.4. The molecule has 0 aliphatic heterocycles. The highest BCUT2D eigenvalue weighted by Gasteiger charge is 2.20. The number of amides is 1. The van der Waals surface area contributed by atoms with Crippen molar-refractivity contribution in [1.82, 2.24) is 20.0 Å². The lowest BCUT2D eigenvalue weighted by Gasteiger charge is -2.04. The summed E-state index contributed by atoms with van der Waals surface area (Å²) < 4.78 is 25.9. The van der Waals surface area contributed by atoms with Crippen LogP contribution >= 0.6 is 0 Å². The Kier molecular flexibility index (Phi) is 5.84. The Balaban J connectivity index is 1.50. The summed E-state index contributed by atoms with van der Waals surface area (Å²) in [6, 6.07) is 12.9. The third kappa shape index (κ3) is 4.43. The minimum Gasteiger partial charge on any atom is -0.494 e. The number of ether oxygens (including phenoxy) is 1. The lowest BCUT2D eigenvalue weighted by molar-refractivity contribution is 0.102. The van der Waals surface area contributed by atoms with Gasteiger partial charge in [-0.15, -0.1) is 5.10 Å². The van der Waals surface area contributed by atoms with Crippen molar-refractivity contribution in [2.24, 2.45) is 0 Å². The van der Waals surface area contributed by atoms with Crippen LogP contribution in [-0.4, -0.2) is 32.5 Å². The second-order valence-corrected chi connectivity index (χ2v) is 6.92. The van der Waals surface area contributed by atoms with E-state index in [0.29, 0.717) is 24.0 Å². The van der Waals surface area contributed by atoms with Gasteiger partial charge in [0.15, 0.2) is 11.5 Å². The summed E-state index contributed by atoms with van der Waals surface area (Å²) in [5.74, 6) is 0.802. The predicted octanol–water partition coefficient (Wildman–Crippen LogP) is 3.66. The second-order valence-electron chi connectivity index (χ2n) is 6.92. The Labute approximate surface area is 183 Å². The van der Waals surface area contributed by atoms with Gasteiger partial charge in [-0.3, -0.25) is 4.79 Å². The molecule has 0 saturated heterocycles. The molecule has 0 saturated carbocycles. The van der Waals surface area contributed by atoms with Crippen LogP contribution in [0.15, 0.2) is 52.9 Å². The van der Waals surface area contributed by atoms with E-state index in [1.54, 1.807) is 13.0 Å². The van der Waals surface area contributed by atoms with Crippen LogP contribution in [0.4, 0.5) is 15.9 Å². The van der Waals surface area contributed by atoms with Gasteiger partial charge in [-0.2, -0.15) is 0 Å². The molecule has 3 N–H and O–H groups in total. The Morgan fingerprint density at radius 2 is 2.03 bits per heavy atom. The van der Waals surface area contributed by atoms with Crippen LogP contribution in [0.5, 0.6) is 5.75 Å². The fourth-order valence-electron chi connectivity index (χ4n) is 3.06. The first-order valence-electron chi connectivity index (χ1n) is 9.90. The van der Waals surface area contributed by atoms with Gasteiger partial charge in [0, 0.05) is 11.3 Å². The number of carbonyl (C=O) groups is 1. The molecule has 1 amide bonds. The standard InChI is InChI=1S/C22H21FN6O3/c1-3-31-17-9-7-14(8-10-17)22-26-18(13(2)32-22)12-29-20(24)19(27-28-29)21(30)25-16-6-4-5-15(23)11-16/h4-11H,3,12,24H2,1-2H3,(H,25,30). The number of aromatic nitrogens is 4. The number of nitrogens with one attached hydrogen (secondary N) is 1. The summed E-state index contributed by atoms with van der Waals surface area (Å²) in [4.78, 5) is 17.0. The normalized spacial score (nSPS) is 10.8. The zero-order valence-corrected chi connectivity index (χ0v) is 17.5. The highest BCUT2D eigenvalue weighted by Crippen LogP contribution is 2.25. The van der Waals surface area contributed by atoms with Crippen molar-refractivity contribution in [2.45, 2.75) is 20.4 Å². The van der Waals surface area contributed by atoms with Gasteiger partial charge in [0.25, 0.3) is 5.91 Å². The minimum atomic E-state index is -0.591. The molecular weight excluding hydrogens is 415 g/mol. The maximum atomic E-state index is 13.3. The van der Waals surface area contributed by atoms with Crippen molar-refractivity contribution < 1.29 is 18.3 Å². The monoisotopic (exact) mass is 436 g/mol. The topological polar surface area (TPSA) is 121 Å². The van der Waals surface area contributed by atoms with Crippen LogP contribution in [0.25, 0.3) is 11.5 Å². The highest BCUT2D eigenvalue weighted by atomic mass is 19.1. The quantitative estimate of drug-likeness (QED) is 0.453. The number of anilines is 2. The average Bonchev–Trinajstić information content (AvgIpc) is 3.32. The molecule has 2 aromatic carbocycles. The minimum absolute atomic E-state index is 0.0592. The summed E-state index contributed by atoms with van der Waals surface area (Å²) in [6.07, 6.45) is 0. The summed E-state index contributed by atoms with van der Waals surface area (Å²) >= 11 is 0. The number of benzene rings is 2. The first-order chi connectivity index (χ1) is 15.4. The van der Waals surface area contributed by atoms with Crippen molar-refractivity contribution >= 4 is 17.4 Å². The van der Waals surface area contributed by atoms with Crippen molar-refractivity contribution in [3.63, 3.8) is 0 Å². The molecule has 0 atom stereocenters. The molecule has 0 bridgehead atoms. The van der Waals surface area contributed by atoms with Gasteiger partial charge in [0.05, 0.1) is 13.2 Å². The van der Waals surface area contributed by atoms with Crippen LogP contribution in [0.1, 0.15) is 28.9 Å². The molecule has 32 heavy (non-hydrogen) atoms. The van der Waals surface area contributed by atoms with Gasteiger partial charge in [-0.25, -0.2) is 14.1 Å². The van der Waals surface area contributed by atoms with E-state index in [1.165, 1.54) is 22.9 Å². The highest BCUT2D eigenvalue weighted by molar-refractivity contribution is 6.05. The van der Waals surface area contributed by atoms with Crippen LogP contribution in [0, 0.1) is 12.7 Å². The molecule has 2 heterocycles. The maximum absolute atomic E-state index is 13.3. The van der Waals surface area contributed by atoms with E-state index < -0.39 is 11.7 Å². The predicted molar refractivity (Wildman–Crippen MR) is 116 cm³/mol. The third-order valence-electron chi connectivity index (χ3n) is 4.68. The molecule has 9 nitrogen and oxygen atoms in total. The van der Waals surface area contributed by atoms with Gasteiger partial charge in [-0.05, 0) is 56.3 Å². The van der Waals surface area contributed by atoms with E-state index in [2.05, 4.69) is 20.6 Å². The SMILES string of the molecule is CCOc1ccc(-c2nc(Cn3nnc(C(=O)Nc4cccc(F)c4)c3N)c(C)o2)cc1. The summed E-state index contributed by atoms with van der Waals surface area (Å²) in [6.45, 7) is 4.46.